The number of hydrogen-bond acceptors (Lipinski definition) is 3. The first-order valence-electron chi connectivity index (χ1n) is 8.24. The molecule has 0 N–H and O–H groups in total. The van der Waals surface area contributed by atoms with Gasteiger partial charge >= 0.3 is 0 Å². The van der Waals surface area contributed by atoms with Crippen LogP contribution in [-0.2, 0) is 5.75 Å². The predicted molar refractivity (Wildman–Crippen MR) is 109 cm³/mol. The second kappa shape index (κ2) is 7.44. The average Bonchev–Trinajstić information content (AvgIpc) is 3.04. The van der Waals surface area contributed by atoms with Crippen LogP contribution >= 0.6 is 23.4 Å². The monoisotopic (exact) mass is 380 g/mol. The maximum Gasteiger partial charge on any atom is 0.174 e. The summed E-state index contributed by atoms with van der Waals surface area (Å²) in [6, 6.07) is 24.2. The Labute approximate surface area is 161 Å². The summed E-state index contributed by atoms with van der Waals surface area (Å²) in [6.07, 6.45) is 0. The van der Waals surface area contributed by atoms with Gasteiger partial charge in [0.25, 0.3) is 0 Å². The van der Waals surface area contributed by atoms with E-state index >= 15 is 0 Å². The van der Waals surface area contributed by atoms with Crippen LogP contribution in [0.2, 0.25) is 5.02 Å². The van der Waals surface area contributed by atoms with Crippen LogP contribution in [0.1, 0.15) is 5.56 Å². The number of hydrogen-bond donors (Lipinski definition) is 0. The maximum absolute atomic E-state index is 6.24. The van der Waals surface area contributed by atoms with Crippen molar-refractivity contribution in [3.8, 4) is 11.4 Å². The van der Waals surface area contributed by atoms with Gasteiger partial charge in [-0.25, -0.2) is 4.98 Å². The number of methoxy groups -OCH3 is 1. The molecule has 0 saturated heterocycles. The molecular formula is C21H17ClN2OS. The molecule has 0 radical (unpaired) electrons. The number of fused-ring (bicyclic) bond motifs is 1. The molecule has 1 heterocycles. The maximum atomic E-state index is 6.24. The number of ether oxygens (including phenoxy) is 1. The molecular weight excluding hydrogens is 364 g/mol. The highest BCUT2D eigenvalue weighted by atomic mass is 35.5. The van der Waals surface area contributed by atoms with Crippen molar-refractivity contribution in [1.29, 1.82) is 0 Å². The van der Waals surface area contributed by atoms with Gasteiger partial charge in [0.15, 0.2) is 5.16 Å². The minimum atomic E-state index is 0.701. The molecule has 4 rings (SSSR count). The molecule has 130 valence electrons. The number of halogens is 1. The molecule has 0 fully saturated rings. The quantitative estimate of drug-likeness (QED) is 0.398. The molecule has 3 nitrogen and oxygen atoms in total. The lowest BCUT2D eigenvalue weighted by molar-refractivity contribution is 0.414. The Bertz CT molecular complexity index is 1030. The van der Waals surface area contributed by atoms with Crippen molar-refractivity contribution in [3.63, 3.8) is 0 Å². The molecule has 3 aromatic carbocycles. The molecule has 4 aromatic rings. The predicted octanol–water partition coefficient (Wildman–Crippen LogP) is 5.98. The number of benzene rings is 3. The zero-order valence-corrected chi connectivity index (χ0v) is 15.8. The summed E-state index contributed by atoms with van der Waals surface area (Å²) in [4.78, 5) is 4.82. The summed E-state index contributed by atoms with van der Waals surface area (Å²) < 4.78 is 7.42. The highest BCUT2D eigenvalue weighted by Crippen LogP contribution is 2.31. The number of thioether (sulfide) groups is 1. The van der Waals surface area contributed by atoms with E-state index in [2.05, 4.69) is 28.8 Å². The molecule has 0 aliphatic rings. The highest BCUT2D eigenvalue weighted by Gasteiger charge is 2.14. The molecule has 0 atom stereocenters. The van der Waals surface area contributed by atoms with Crippen molar-refractivity contribution in [3.05, 3.63) is 83.4 Å². The molecule has 0 spiro atoms. The standard InChI is InChI=1S/C21H17ClN2OS/c1-25-18-10-8-17(9-11-18)24-20-13-16(22)7-12-19(20)23-21(24)26-14-15-5-3-2-4-6-15/h2-13H,14H2,1H3. The van der Waals surface area contributed by atoms with Crippen LogP contribution in [0.4, 0.5) is 0 Å². The van der Waals surface area contributed by atoms with Crippen LogP contribution in [-0.4, -0.2) is 16.7 Å². The second-order valence-corrected chi connectivity index (χ2v) is 7.21. The van der Waals surface area contributed by atoms with E-state index in [1.807, 2.05) is 48.5 Å². The van der Waals surface area contributed by atoms with Gasteiger partial charge in [0.1, 0.15) is 5.75 Å². The topological polar surface area (TPSA) is 27.1 Å². The number of imidazole rings is 1. The van der Waals surface area contributed by atoms with Gasteiger partial charge < -0.3 is 4.74 Å². The van der Waals surface area contributed by atoms with E-state index in [-0.39, 0.29) is 0 Å². The third-order valence-electron chi connectivity index (χ3n) is 4.13. The van der Waals surface area contributed by atoms with Crippen molar-refractivity contribution >= 4 is 34.4 Å². The third-order valence-corrected chi connectivity index (χ3v) is 5.37. The molecule has 26 heavy (non-hydrogen) atoms. The Kier molecular flexibility index (Phi) is 4.87. The first-order valence-corrected chi connectivity index (χ1v) is 9.60. The van der Waals surface area contributed by atoms with Gasteiger partial charge in [-0.1, -0.05) is 53.7 Å². The number of aromatic nitrogens is 2. The zero-order chi connectivity index (χ0) is 17.9. The van der Waals surface area contributed by atoms with E-state index in [0.29, 0.717) is 5.02 Å². The summed E-state index contributed by atoms with van der Waals surface area (Å²) in [7, 11) is 1.67. The van der Waals surface area contributed by atoms with Gasteiger partial charge in [0, 0.05) is 16.5 Å². The summed E-state index contributed by atoms with van der Waals surface area (Å²) in [5.74, 6) is 1.68. The molecule has 0 aliphatic carbocycles. The van der Waals surface area contributed by atoms with E-state index < -0.39 is 0 Å². The van der Waals surface area contributed by atoms with Crippen molar-refractivity contribution in [2.45, 2.75) is 10.9 Å². The fourth-order valence-corrected chi connectivity index (χ4v) is 3.98. The number of rotatable bonds is 5. The highest BCUT2D eigenvalue weighted by molar-refractivity contribution is 7.98. The van der Waals surface area contributed by atoms with Crippen LogP contribution in [0.5, 0.6) is 5.75 Å². The minimum Gasteiger partial charge on any atom is -0.497 e. The molecule has 0 aliphatic heterocycles. The molecule has 5 heteroatoms. The van der Waals surface area contributed by atoms with Crippen molar-refractivity contribution in [1.82, 2.24) is 9.55 Å². The summed E-state index contributed by atoms with van der Waals surface area (Å²) in [5.41, 5.74) is 4.23. The average molecular weight is 381 g/mol. The lowest BCUT2D eigenvalue weighted by atomic mass is 10.2. The fourth-order valence-electron chi connectivity index (χ4n) is 2.83. The Morgan fingerprint density at radius 3 is 2.50 bits per heavy atom. The van der Waals surface area contributed by atoms with E-state index in [1.54, 1.807) is 18.9 Å². The van der Waals surface area contributed by atoms with Gasteiger partial charge in [0.05, 0.1) is 18.1 Å². The van der Waals surface area contributed by atoms with Gasteiger partial charge in [-0.2, -0.15) is 0 Å². The summed E-state index contributed by atoms with van der Waals surface area (Å²) in [6.45, 7) is 0. The SMILES string of the molecule is COc1ccc(-n2c(SCc3ccccc3)nc3ccc(Cl)cc32)cc1. The zero-order valence-electron chi connectivity index (χ0n) is 14.2. The molecule has 0 unspecified atom stereocenters. The van der Waals surface area contributed by atoms with Crippen LogP contribution < -0.4 is 4.74 Å². The van der Waals surface area contributed by atoms with Crippen LogP contribution in [0, 0.1) is 0 Å². The first-order chi connectivity index (χ1) is 12.7. The van der Waals surface area contributed by atoms with Crippen LogP contribution in [0.3, 0.4) is 0 Å². The largest absolute Gasteiger partial charge is 0.497 e. The van der Waals surface area contributed by atoms with E-state index in [0.717, 1.165) is 33.4 Å². The van der Waals surface area contributed by atoms with Gasteiger partial charge in [-0.3, -0.25) is 4.57 Å². The normalized spacial score (nSPS) is 11.0. The van der Waals surface area contributed by atoms with E-state index in [1.165, 1.54) is 5.56 Å². The fraction of sp³-hybridized carbons (Fsp3) is 0.0952. The Balaban J connectivity index is 1.78. The Morgan fingerprint density at radius 1 is 1.00 bits per heavy atom. The van der Waals surface area contributed by atoms with Crippen LogP contribution in [0.15, 0.2) is 78.0 Å². The first kappa shape index (κ1) is 17.0. The Morgan fingerprint density at radius 2 is 1.77 bits per heavy atom. The smallest absolute Gasteiger partial charge is 0.174 e. The lowest BCUT2D eigenvalue weighted by Crippen LogP contribution is -1.97. The molecule has 1 aromatic heterocycles. The van der Waals surface area contributed by atoms with Gasteiger partial charge in [-0.15, -0.1) is 0 Å². The molecule has 0 amide bonds. The van der Waals surface area contributed by atoms with Crippen molar-refractivity contribution in [2.75, 3.05) is 7.11 Å². The second-order valence-electron chi connectivity index (χ2n) is 5.84. The Hall–Kier alpha value is -2.43. The summed E-state index contributed by atoms with van der Waals surface area (Å²) in [5, 5.41) is 1.64. The van der Waals surface area contributed by atoms with E-state index in [9.17, 15) is 0 Å². The van der Waals surface area contributed by atoms with Crippen molar-refractivity contribution < 1.29 is 4.74 Å². The number of nitrogens with zero attached hydrogens (tertiary/aromatic N) is 2. The van der Waals surface area contributed by atoms with Crippen molar-refractivity contribution in [2.24, 2.45) is 0 Å². The summed E-state index contributed by atoms with van der Waals surface area (Å²) >= 11 is 7.95. The van der Waals surface area contributed by atoms with E-state index in [4.69, 9.17) is 21.3 Å². The third kappa shape index (κ3) is 3.43. The van der Waals surface area contributed by atoms with Crippen LogP contribution in [0.25, 0.3) is 16.7 Å². The van der Waals surface area contributed by atoms with Gasteiger partial charge in [0.2, 0.25) is 0 Å². The van der Waals surface area contributed by atoms with Gasteiger partial charge in [-0.05, 0) is 48.0 Å². The molecule has 0 saturated carbocycles. The lowest BCUT2D eigenvalue weighted by Gasteiger charge is -2.10. The molecule has 0 bridgehead atoms. The minimum absolute atomic E-state index is 0.701.